The molecule has 0 radical (unpaired) electrons. The van der Waals surface area contributed by atoms with Crippen LogP contribution in [0.3, 0.4) is 0 Å². The van der Waals surface area contributed by atoms with E-state index in [4.69, 9.17) is 4.74 Å². The van der Waals surface area contributed by atoms with Gasteiger partial charge in [0, 0.05) is 42.0 Å². The number of hydrogen-bond acceptors (Lipinski definition) is 5. The average Bonchev–Trinajstić information content (AvgIpc) is 2.76. The Balaban J connectivity index is 0.00000109. The van der Waals surface area contributed by atoms with Crippen LogP contribution in [-0.4, -0.2) is 35.5 Å². The Labute approximate surface area is 168 Å². The van der Waals surface area contributed by atoms with Crippen molar-refractivity contribution in [1.29, 1.82) is 0 Å². The topological polar surface area (TPSA) is 59.1 Å². The van der Waals surface area contributed by atoms with E-state index in [0.29, 0.717) is 12.1 Å². The van der Waals surface area contributed by atoms with Crippen molar-refractivity contribution in [2.45, 2.75) is 58.5 Å². The molecule has 2 N–H and O–H groups in total. The smallest absolute Gasteiger partial charge is 0.156 e. The van der Waals surface area contributed by atoms with Crippen molar-refractivity contribution in [1.82, 2.24) is 15.5 Å². The fourth-order valence-electron chi connectivity index (χ4n) is 3.72. The lowest BCUT2D eigenvalue weighted by molar-refractivity contribution is 0.0904. The van der Waals surface area contributed by atoms with Gasteiger partial charge in [-0.15, -0.1) is 5.10 Å². The highest BCUT2D eigenvalue weighted by Crippen LogP contribution is 2.32. The van der Waals surface area contributed by atoms with Crippen molar-refractivity contribution in [2.75, 3.05) is 18.5 Å². The van der Waals surface area contributed by atoms with Crippen LogP contribution >= 0.6 is 0 Å². The molecule has 2 aromatic rings. The molecule has 2 aliphatic rings. The quantitative estimate of drug-likeness (QED) is 0.799. The minimum atomic E-state index is 0.199. The highest BCUT2D eigenvalue weighted by molar-refractivity contribution is 5.93. The number of ether oxygens (including phenoxy) is 1. The average molecular weight is 381 g/mol. The van der Waals surface area contributed by atoms with E-state index in [-0.39, 0.29) is 5.92 Å². The summed E-state index contributed by atoms with van der Waals surface area (Å²) in [4.78, 5) is 0. The minimum Gasteiger partial charge on any atom is -0.385 e. The van der Waals surface area contributed by atoms with E-state index in [9.17, 15) is 0 Å². The van der Waals surface area contributed by atoms with Crippen molar-refractivity contribution in [3.8, 4) is 0 Å². The van der Waals surface area contributed by atoms with Crippen molar-refractivity contribution >= 4 is 16.6 Å². The van der Waals surface area contributed by atoms with Crippen LogP contribution in [0.1, 0.15) is 52.1 Å². The molecule has 0 saturated carbocycles. The highest BCUT2D eigenvalue weighted by atomic mass is 16.5. The summed E-state index contributed by atoms with van der Waals surface area (Å²) < 4.78 is 5.46. The van der Waals surface area contributed by atoms with Gasteiger partial charge in [-0.25, -0.2) is 0 Å². The van der Waals surface area contributed by atoms with Gasteiger partial charge in [0.25, 0.3) is 0 Å². The van der Waals surface area contributed by atoms with Gasteiger partial charge in [-0.05, 0) is 37.6 Å². The van der Waals surface area contributed by atoms with Gasteiger partial charge in [-0.3, -0.25) is 0 Å². The van der Waals surface area contributed by atoms with Crippen LogP contribution in [0.15, 0.2) is 48.2 Å². The highest BCUT2D eigenvalue weighted by Gasteiger charge is 2.20. The molecule has 2 aliphatic heterocycles. The van der Waals surface area contributed by atoms with Crippen LogP contribution < -0.4 is 10.6 Å². The molecule has 1 saturated heterocycles. The van der Waals surface area contributed by atoms with Gasteiger partial charge in [0.15, 0.2) is 5.82 Å². The third-order valence-electron chi connectivity index (χ3n) is 5.27. The fourth-order valence-corrected chi connectivity index (χ4v) is 3.72. The van der Waals surface area contributed by atoms with E-state index in [1.54, 1.807) is 0 Å². The number of dihydropyridines is 1. The molecular weight excluding hydrogens is 348 g/mol. The van der Waals surface area contributed by atoms with E-state index < -0.39 is 0 Å². The van der Waals surface area contributed by atoms with Crippen molar-refractivity contribution in [3.05, 3.63) is 53.9 Å². The summed E-state index contributed by atoms with van der Waals surface area (Å²) in [6.07, 6.45) is 8.44. The van der Waals surface area contributed by atoms with E-state index >= 15 is 0 Å². The molecule has 150 valence electrons. The van der Waals surface area contributed by atoms with Gasteiger partial charge < -0.3 is 15.4 Å². The lowest BCUT2D eigenvalue weighted by Crippen LogP contribution is -2.28. The molecule has 0 bridgehead atoms. The molecule has 3 heterocycles. The maximum atomic E-state index is 5.46. The maximum absolute atomic E-state index is 5.46. The molecule has 5 heteroatoms. The predicted octanol–water partition coefficient (Wildman–Crippen LogP) is 4.78. The van der Waals surface area contributed by atoms with Gasteiger partial charge in [0.1, 0.15) is 0 Å². The number of rotatable bonds is 4. The predicted molar refractivity (Wildman–Crippen MR) is 117 cm³/mol. The van der Waals surface area contributed by atoms with E-state index in [1.807, 2.05) is 20.0 Å². The Kier molecular flexibility index (Phi) is 7.04. The normalized spacial score (nSPS) is 20.6. The van der Waals surface area contributed by atoms with Crippen molar-refractivity contribution in [2.24, 2.45) is 0 Å². The summed E-state index contributed by atoms with van der Waals surface area (Å²) in [6, 6.07) is 9.18. The number of nitrogens with zero attached hydrogens (tertiary/aromatic N) is 2. The second-order valence-corrected chi connectivity index (χ2v) is 7.19. The minimum absolute atomic E-state index is 0.199. The molecule has 2 atom stereocenters. The Morgan fingerprint density at radius 1 is 1.11 bits per heavy atom. The summed E-state index contributed by atoms with van der Waals surface area (Å²) in [7, 11) is 0. The van der Waals surface area contributed by atoms with Gasteiger partial charge in [0.05, 0.1) is 5.69 Å². The van der Waals surface area contributed by atoms with Gasteiger partial charge in [-0.1, -0.05) is 51.1 Å². The van der Waals surface area contributed by atoms with Crippen LogP contribution in [-0.2, 0) is 4.74 Å². The summed E-state index contributed by atoms with van der Waals surface area (Å²) in [5.74, 6) is 1.08. The Hall–Kier alpha value is -2.40. The molecule has 2 unspecified atom stereocenters. The zero-order chi connectivity index (χ0) is 19.9. The number of fused-ring (bicyclic) bond motifs is 1. The van der Waals surface area contributed by atoms with Gasteiger partial charge in [0.2, 0.25) is 0 Å². The number of nitrogens with one attached hydrogen (secondary N) is 2. The summed E-state index contributed by atoms with van der Waals surface area (Å²) in [5, 5.41) is 18.4. The molecule has 0 amide bonds. The molecule has 1 aromatic carbocycles. The summed E-state index contributed by atoms with van der Waals surface area (Å²) in [5.41, 5.74) is 2.31. The third kappa shape index (κ3) is 4.53. The lowest BCUT2D eigenvalue weighted by atomic mass is 9.91. The number of aromatic nitrogens is 2. The Morgan fingerprint density at radius 3 is 2.54 bits per heavy atom. The van der Waals surface area contributed by atoms with Gasteiger partial charge in [-0.2, -0.15) is 5.10 Å². The standard InChI is InChI=1S/C21H26N4O.C2H6/c1-14-13-16(7-10-22-14)15(2)20-18-5-3-4-6-19(18)21(25-24-20)23-17-8-11-26-12-9-17;1-2/h3-7,10,13-15,17,22H,8-9,11-12H2,1-2H3,(H,23,25);1-2H3. The zero-order valence-corrected chi connectivity index (χ0v) is 17.4. The molecule has 5 nitrogen and oxygen atoms in total. The van der Waals surface area contributed by atoms with E-state index in [2.05, 4.69) is 71.1 Å². The molecular formula is C23H32N4O. The van der Waals surface area contributed by atoms with Crippen LogP contribution in [0.5, 0.6) is 0 Å². The van der Waals surface area contributed by atoms with Crippen molar-refractivity contribution < 1.29 is 4.74 Å². The number of allylic oxidation sites excluding steroid dienone is 2. The van der Waals surface area contributed by atoms with Crippen LogP contribution in [0, 0.1) is 0 Å². The second kappa shape index (κ2) is 9.69. The molecule has 28 heavy (non-hydrogen) atoms. The number of hydrogen-bond donors (Lipinski definition) is 2. The van der Waals surface area contributed by atoms with Crippen LogP contribution in [0.25, 0.3) is 10.8 Å². The molecule has 0 spiro atoms. The SMILES string of the molecule is CC.CC1C=C(C(C)c2nnc(NC3CCOCC3)c3ccccc23)C=CN1. The second-order valence-electron chi connectivity index (χ2n) is 7.19. The first-order valence-corrected chi connectivity index (χ1v) is 10.5. The molecule has 4 rings (SSSR count). The summed E-state index contributed by atoms with van der Waals surface area (Å²) in [6.45, 7) is 9.98. The molecule has 1 fully saturated rings. The third-order valence-corrected chi connectivity index (χ3v) is 5.27. The van der Waals surface area contributed by atoms with Crippen molar-refractivity contribution in [3.63, 3.8) is 0 Å². The Morgan fingerprint density at radius 2 is 1.82 bits per heavy atom. The first-order chi connectivity index (χ1) is 13.7. The maximum Gasteiger partial charge on any atom is 0.156 e. The van der Waals surface area contributed by atoms with Crippen LogP contribution in [0.4, 0.5) is 5.82 Å². The van der Waals surface area contributed by atoms with E-state index in [1.165, 1.54) is 11.0 Å². The zero-order valence-electron chi connectivity index (χ0n) is 17.4. The monoisotopic (exact) mass is 380 g/mol. The lowest BCUT2D eigenvalue weighted by Gasteiger charge is -2.25. The number of anilines is 1. The largest absolute Gasteiger partial charge is 0.385 e. The van der Waals surface area contributed by atoms with Crippen LogP contribution in [0.2, 0.25) is 0 Å². The molecule has 1 aromatic heterocycles. The van der Waals surface area contributed by atoms with E-state index in [0.717, 1.165) is 43.0 Å². The number of benzene rings is 1. The first kappa shape index (κ1) is 20.3. The first-order valence-electron chi connectivity index (χ1n) is 10.5. The summed E-state index contributed by atoms with van der Waals surface area (Å²) >= 11 is 0. The Bertz CT molecular complexity index is 840. The fraction of sp³-hybridized carbons (Fsp3) is 0.478. The molecule has 0 aliphatic carbocycles. The van der Waals surface area contributed by atoms with Gasteiger partial charge >= 0.3 is 0 Å².